The molecule has 1 aromatic carbocycles. The molecule has 1 atom stereocenters. The predicted molar refractivity (Wildman–Crippen MR) is 126 cm³/mol. The Bertz CT molecular complexity index is 1010. The van der Waals surface area contributed by atoms with Gasteiger partial charge in [0.15, 0.2) is 6.61 Å². The van der Waals surface area contributed by atoms with Crippen LogP contribution < -0.4 is 15.4 Å². The molecule has 1 aromatic heterocycles. The van der Waals surface area contributed by atoms with Gasteiger partial charge in [0, 0.05) is 38.7 Å². The van der Waals surface area contributed by atoms with Crippen LogP contribution in [0.1, 0.15) is 55.7 Å². The van der Waals surface area contributed by atoms with Crippen LogP contribution in [-0.2, 0) is 16.1 Å². The number of carbonyl (C=O) groups excluding carboxylic acids is 3. The van der Waals surface area contributed by atoms with Crippen molar-refractivity contribution in [1.82, 2.24) is 25.7 Å². The lowest BCUT2D eigenvalue weighted by Crippen LogP contribution is -2.46. The maximum absolute atomic E-state index is 13.0. The van der Waals surface area contributed by atoms with E-state index in [-0.39, 0.29) is 37.4 Å². The molecule has 2 aromatic rings. The number of alkyl carbamates (subject to hydrolysis) is 1. The van der Waals surface area contributed by atoms with Crippen LogP contribution in [0.3, 0.4) is 0 Å². The van der Waals surface area contributed by atoms with Crippen LogP contribution in [0.25, 0.3) is 0 Å². The van der Waals surface area contributed by atoms with E-state index >= 15 is 0 Å². The molecule has 35 heavy (non-hydrogen) atoms. The number of nitrogens with zero attached hydrogens (tertiary/aromatic N) is 3. The Labute approximate surface area is 204 Å². The molecule has 1 aliphatic heterocycles. The van der Waals surface area contributed by atoms with Gasteiger partial charge in [0.2, 0.25) is 17.6 Å². The first-order valence-corrected chi connectivity index (χ1v) is 11.7. The maximum atomic E-state index is 13.0. The topological polar surface area (TPSA) is 136 Å². The average Bonchev–Trinajstić information content (AvgIpc) is 3.24. The average molecular weight is 488 g/mol. The highest BCUT2D eigenvalue weighted by Crippen LogP contribution is 2.20. The van der Waals surface area contributed by atoms with Gasteiger partial charge in [0.05, 0.1) is 5.92 Å². The zero-order chi connectivity index (χ0) is 25.4. The first kappa shape index (κ1) is 26.0. The molecule has 190 valence electrons. The summed E-state index contributed by atoms with van der Waals surface area (Å²) in [7, 11) is 0. The number of ether oxygens (including phenoxy) is 2. The monoisotopic (exact) mass is 487 g/mol. The Kier molecular flexibility index (Phi) is 8.67. The number of piperidine rings is 1. The summed E-state index contributed by atoms with van der Waals surface area (Å²) in [6.45, 7) is 8.71. The molecule has 2 heterocycles. The van der Waals surface area contributed by atoms with E-state index in [0.717, 1.165) is 6.42 Å². The van der Waals surface area contributed by atoms with Crippen LogP contribution in [0.15, 0.2) is 28.8 Å². The van der Waals surface area contributed by atoms with E-state index in [1.807, 2.05) is 0 Å². The van der Waals surface area contributed by atoms with Crippen molar-refractivity contribution in [2.45, 2.75) is 52.7 Å². The molecule has 0 bridgehead atoms. The summed E-state index contributed by atoms with van der Waals surface area (Å²) in [6.07, 6.45) is 0.922. The van der Waals surface area contributed by atoms with Crippen LogP contribution >= 0.6 is 0 Å². The number of hydrogen-bond donors (Lipinski definition) is 2. The summed E-state index contributed by atoms with van der Waals surface area (Å²) in [4.78, 5) is 43.0. The summed E-state index contributed by atoms with van der Waals surface area (Å²) in [5, 5.41) is 9.21. The highest BCUT2D eigenvalue weighted by Gasteiger charge is 2.29. The van der Waals surface area contributed by atoms with Gasteiger partial charge in [-0.2, -0.15) is 4.98 Å². The number of amides is 3. The van der Waals surface area contributed by atoms with Crippen LogP contribution in [0.4, 0.5) is 4.79 Å². The van der Waals surface area contributed by atoms with Gasteiger partial charge in [0.1, 0.15) is 11.4 Å². The van der Waals surface area contributed by atoms with Gasteiger partial charge < -0.3 is 29.5 Å². The molecule has 0 spiro atoms. The fourth-order valence-electron chi connectivity index (χ4n) is 3.61. The summed E-state index contributed by atoms with van der Waals surface area (Å²) in [5.41, 5.74) is -0.0527. The van der Waals surface area contributed by atoms with Crippen molar-refractivity contribution in [3.05, 3.63) is 41.5 Å². The van der Waals surface area contributed by atoms with E-state index in [2.05, 4.69) is 20.8 Å². The number of hydrogen-bond acceptors (Lipinski definition) is 8. The highest BCUT2D eigenvalue weighted by atomic mass is 16.6. The Morgan fingerprint density at radius 2 is 1.86 bits per heavy atom. The normalized spacial score (nSPS) is 15.9. The summed E-state index contributed by atoms with van der Waals surface area (Å²) in [6, 6.07) is 6.83. The molecular formula is C24H33N5O6. The van der Waals surface area contributed by atoms with Crippen molar-refractivity contribution < 1.29 is 28.4 Å². The van der Waals surface area contributed by atoms with Gasteiger partial charge in [-0.1, -0.05) is 5.16 Å². The Hall–Kier alpha value is -3.63. The third-order valence-corrected chi connectivity index (χ3v) is 5.21. The van der Waals surface area contributed by atoms with Crippen LogP contribution in [0.5, 0.6) is 5.75 Å². The summed E-state index contributed by atoms with van der Waals surface area (Å²) < 4.78 is 15.7. The molecule has 1 saturated heterocycles. The van der Waals surface area contributed by atoms with Crippen molar-refractivity contribution in [2.75, 3.05) is 26.2 Å². The molecule has 11 nitrogen and oxygen atoms in total. The zero-order valence-corrected chi connectivity index (χ0v) is 20.6. The number of nitrogens with one attached hydrogen (secondary N) is 2. The number of carbonyl (C=O) groups is 3. The lowest BCUT2D eigenvalue weighted by Gasteiger charge is -2.32. The Morgan fingerprint density at radius 3 is 2.51 bits per heavy atom. The van der Waals surface area contributed by atoms with Gasteiger partial charge in [-0.15, -0.1) is 0 Å². The van der Waals surface area contributed by atoms with Gasteiger partial charge >= 0.3 is 6.09 Å². The van der Waals surface area contributed by atoms with Crippen molar-refractivity contribution >= 4 is 17.9 Å². The standard InChI is InChI=1S/C24H33N5O6/c1-16-27-20(28-35-16)15-33-19-9-7-17(8-10-19)22(31)29-13-5-6-18(14-29)21(30)25-11-12-26-23(32)34-24(2,3)4/h7-10,18H,5-6,11-15H2,1-4H3,(H,25,30)(H,26,32). The first-order valence-electron chi connectivity index (χ1n) is 11.7. The molecule has 0 radical (unpaired) electrons. The van der Waals surface area contributed by atoms with Gasteiger partial charge in [-0.05, 0) is 57.9 Å². The smallest absolute Gasteiger partial charge is 0.407 e. The molecule has 1 fully saturated rings. The first-order chi connectivity index (χ1) is 16.6. The van der Waals surface area contributed by atoms with Crippen molar-refractivity contribution in [3.8, 4) is 5.75 Å². The fraction of sp³-hybridized carbons (Fsp3) is 0.542. The van der Waals surface area contributed by atoms with Gasteiger partial charge in [-0.3, -0.25) is 9.59 Å². The van der Waals surface area contributed by atoms with E-state index in [4.69, 9.17) is 14.0 Å². The maximum Gasteiger partial charge on any atom is 0.407 e. The van der Waals surface area contributed by atoms with E-state index in [1.165, 1.54) is 0 Å². The van der Waals surface area contributed by atoms with Crippen LogP contribution in [0.2, 0.25) is 0 Å². The fourth-order valence-corrected chi connectivity index (χ4v) is 3.61. The summed E-state index contributed by atoms with van der Waals surface area (Å²) in [5.74, 6) is 0.940. The molecular weight excluding hydrogens is 454 g/mol. The second kappa shape index (κ2) is 11.7. The molecule has 2 N–H and O–H groups in total. The molecule has 11 heteroatoms. The minimum atomic E-state index is -0.576. The molecule has 3 rings (SSSR count). The minimum Gasteiger partial charge on any atom is -0.485 e. The summed E-state index contributed by atoms with van der Waals surface area (Å²) >= 11 is 0. The lowest BCUT2D eigenvalue weighted by atomic mass is 9.96. The number of rotatable bonds is 8. The SMILES string of the molecule is Cc1nc(COc2ccc(C(=O)N3CCCC(C(=O)NCCNC(=O)OC(C)(C)C)C3)cc2)no1. The predicted octanol–water partition coefficient (Wildman–Crippen LogP) is 2.45. The lowest BCUT2D eigenvalue weighted by molar-refractivity contribution is -0.126. The number of aromatic nitrogens is 2. The number of likely N-dealkylation sites (tertiary alicyclic amines) is 1. The highest BCUT2D eigenvalue weighted by molar-refractivity contribution is 5.94. The Balaban J connectivity index is 1.43. The van der Waals surface area contributed by atoms with E-state index in [1.54, 1.807) is 56.9 Å². The van der Waals surface area contributed by atoms with E-state index in [9.17, 15) is 14.4 Å². The molecule has 3 amide bonds. The zero-order valence-electron chi connectivity index (χ0n) is 20.6. The largest absolute Gasteiger partial charge is 0.485 e. The minimum absolute atomic E-state index is 0.130. The van der Waals surface area contributed by atoms with Crippen LogP contribution in [-0.4, -0.2) is 64.7 Å². The molecule has 1 aliphatic rings. The Morgan fingerprint density at radius 1 is 1.14 bits per heavy atom. The second-order valence-electron chi connectivity index (χ2n) is 9.35. The number of aryl methyl sites for hydroxylation is 1. The van der Waals surface area contributed by atoms with Crippen molar-refractivity contribution in [3.63, 3.8) is 0 Å². The third-order valence-electron chi connectivity index (χ3n) is 5.21. The van der Waals surface area contributed by atoms with Gasteiger partial charge in [-0.25, -0.2) is 4.79 Å². The molecule has 0 aliphatic carbocycles. The van der Waals surface area contributed by atoms with E-state index < -0.39 is 11.7 Å². The van der Waals surface area contributed by atoms with Gasteiger partial charge in [0.25, 0.3) is 5.91 Å². The van der Waals surface area contributed by atoms with Crippen LogP contribution in [0, 0.1) is 12.8 Å². The van der Waals surface area contributed by atoms with E-state index in [0.29, 0.717) is 42.5 Å². The quantitative estimate of drug-likeness (QED) is 0.542. The molecule has 1 unspecified atom stereocenters. The van der Waals surface area contributed by atoms with Crippen molar-refractivity contribution in [1.29, 1.82) is 0 Å². The third kappa shape index (κ3) is 8.27. The second-order valence-corrected chi connectivity index (χ2v) is 9.35. The molecule has 0 saturated carbocycles. The van der Waals surface area contributed by atoms with Crippen molar-refractivity contribution in [2.24, 2.45) is 5.92 Å². The number of benzene rings is 1.